The number of amides is 1. The molecule has 6 heteroatoms. The van der Waals surface area contributed by atoms with E-state index in [1.54, 1.807) is 6.20 Å². The molecular formula is C13H13BrN4O. The summed E-state index contributed by atoms with van der Waals surface area (Å²) in [5, 5.41) is 10.3. The molecule has 0 radical (unpaired) electrons. The van der Waals surface area contributed by atoms with Crippen LogP contribution in [-0.2, 0) is 11.3 Å². The largest absolute Gasteiger partial charge is 0.367 e. The molecule has 5 nitrogen and oxygen atoms in total. The van der Waals surface area contributed by atoms with Gasteiger partial charge in [-0.05, 0) is 25.1 Å². The van der Waals surface area contributed by atoms with E-state index >= 15 is 0 Å². The standard InChI is InChI=1S/C13H13BrN4O/c1-2-18-7-9(6-15-18)16-12-10-5-8(14)3-4-11(10)17-13(12)19/h3-7,12,16H,2H2,1H3,(H,17,19). The number of hydrogen-bond acceptors (Lipinski definition) is 3. The lowest BCUT2D eigenvalue weighted by Gasteiger charge is -2.11. The number of halogens is 1. The number of nitrogens with one attached hydrogen (secondary N) is 2. The Kier molecular flexibility index (Phi) is 3.02. The first-order valence-corrected chi connectivity index (χ1v) is 6.86. The van der Waals surface area contributed by atoms with E-state index in [9.17, 15) is 4.79 Å². The number of benzene rings is 1. The smallest absolute Gasteiger partial charge is 0.251 e. The molecule has 0 saturated carbocycles. The number of nitrogens with zero attached hydrogens (tertiary/aromatic N) is 2. The molecule has 19 heavy (non-hydrogen) atoms. The molecule has 3 rings (SSSR count). The molecule has 2 aromatic rings. The summed E-state index contributed by atoms with van der Waals surface area (Å²) < 4.78 is 2.77. The quantitative estimate of drug-likeness (QED) is 0.914. The molecule has 0 spiro atoms. The Labute approximate surface area is 119 Å². The van der Waals surface area contributed by atoms with Crippen LogP contribution in [0.4, 0.5) is 11.4 Å². The van der Waals surface area contributed by atoms with Crippen molar-refractivity contribution < 1.29 is 4.79 Å². The molecule has 1 aromatic heterocycles. The number of carbonyl (C=O) groups is 1. The fourth-order valence-electron chi connectivity index (χ4n) is 2.15. The molecule has 0 bridgehead atoms. The third-order valence-corrected chi connectivity index (χ3v) is 3.61. The van der Waals surface area contributed by atoms with Crippen molar-refractivity contribution in [3.8, 4) is 0 Å². The second-order valence-corrected chi connectivity index (χ2v) is 5.30. The Balaban J connectivity index is 1.89. The van der Waals surface area contributed by atoms with Crippen molar-refractivity contribution in [1.29, 1.82) is 0 Å². The van der Waals surface area contributed by atoms with E-state index in [0.717, 1.165) is 28.0 Å². The van der Waals surface area contributed by atoms with Gasteiger partial charge in [-0.1, -0.05) is 15.9 Å². The molecule has 2 heterocycles. The zero-order chi connectivity index (χ0) is 13.4. The van der Waals surface area contributed by atoms with E-state index < -0.39 is 0 Å². The molecule has 0 saturated heterocycles. The molecule has 0 aliphatic carbocycles. The first kappa shape index (κ1) is 12.2. The fourth-order valence-corrected chi connectivity index (χ4v) is 2.53. The predicted molar refractivity (Wildman–Crippen MR) is 77.0 cm³/mol. The molecule has 1 atom stereocenters. The Morgan fingerprint density at radius 3 is 3.11 bits per heavy atom. The van der Waals surface area contributed by atoms with Crippen molar-refractivity contribution >= 4 is 33.2 Å². The van der Waals surface area contributed by atoms with E-state index in [1.807, 2.05) is 36.0 Å². The van der Waals surface area contributed by atoms with Crippen LogP contribution < -0.4 is 10.6 Å². The summed E-state index contributed by atoms with van der Waals surface area (Å²) in [6, 6.07) is 5.39. The highest BCUT2D eigenvalue weighted by Gasteiger charge is 2.30. The minimum Gasteiger partial charge on any atom is -0.367 e. The maximum atomic E-state index is 12.0. The number of carbonyl (C=O) groups excluding carboxylic acids is 1. The van der Waals surface area contributed by atoms with Gasteiger partial charge in [0.25, 0.3) is 5.91 Å². The van der Waals surface area contributed by atoms with Gasteiger partial charge in [0.15, 0.2) is 0 Å². The van der Waals surface area contributed by atoms with Crippen LogP contribution in [0.5, 0.6) is 0 Å². The number of hydrogen-bond donors (Lipinski definition) is 2. The number of rotatable bonds is 3. The van der Waals surface area contributed by atoms with E-state index in [1.165, 1.54) is 0 Å². The van der Waals surface area contributed by atoms with Crippen molar-refractivity contribution in [3.05, 3.63) is 40.6 Å². The van der Waals surface area contributed by atoms with Crippen LogP contribution in [0.1, 0.15) is 18.5 Å². The molecule has 1 aromatic carbocycles. The van der Waals surface area contributed by atoms with Gasteiger partial charge in [-0.25, -0.2) is 0 Å². The predicted octanol–water partition coefficient (Wildman–Crippen LogP) is 2.77. The minimum absolute atomic E-state index is 0.0441. The van der Waals surface area contributed by atoms with E-state index in [2.05, 4.69) is 31.7 Å². The van der Waals surface area contributed by atoms with Crippen LogP contribution in [0.3, 0.4) is 0 Å². The average Bonchev–Trinajstić information content (AvgIpc) is 2.96. The summed E-state index contributed by atoms with van der Waals surface area (Å²) in [4.78, 5) is 12.0. The van der Waals surface area contributed by atoms with Gasteiger partial charge < -0.3 is 10.6 Å². The maximum absolute atomic E-state index is 12.0. The van der Waals surface area contributed by atoms with Crippen molar-refractivity contribution in [3.63, 3.8) is 0 Å². The zero-order valence-electron chi connectivity index (χ0n) is 10.4. The van der Waals surface area contributed by atoms with Gasteiger partial charge in [0.05, 0.1) is 11.9 Å². The third-order valence-electron chi connectivity index (χ3n) is 3.11. The molecule has 1 unspecified atom stereocenters. The summed E-state index contributed by atoms with van der Waals surface area (Å²) in [5.41, 5.74) is 2.65. The number of fused-ring (bicyclic) bond motifs is 1. The van der Waals surface area contributed by atoms with Crippen LogP contribution >= 0.6 is 15.9 Å². The molecule has 1 amide bonds. The lowest BCUT2D eigenvalue weighted by atomic mass is 10.1. The third kappa shape index (κ3) is 2.23. The Hall–Kier alpha value is -1.82. The summed E-state index contributed by atoms with van der Waals surface area (Å²) in [6.45, 7) is 2.83. The van der Waals surface area contributed by atoms with Gasteiger partial charge in [0, 0.05) is 28.5 Å². The molecule has 98 valence electrons. The SMILES string of the molecule is CCn1cc(NC2C(=O)Nc3ccc(Br)cc32)cn1. The minimum atomic E-state index is -0.373. The molecule has 1 aliphatic rings. The van der Waals surface area contributed by atoms with Gasteiger partial charge in [-0.3, -0.25) is 9.48 Å². The van der Waals surface area contributed by atoms with Crippen molar-refractivity contribution in [2.75, 3.05) is 10.6 Å². The van der Waals surface area contributed by atoms with Gasteiger partial charge in [-0.2, -0.15) is 5.10 Å². The van der Waals surface area contributed by atoms with E-state index in [4.69, 9.17) is 0 Å². The van der Waals surface area contributed by atoms with Crippen molar-refractivity contribution in [2.45, 2.75) is 19.5 Å². The number of anilines is 2. The second kappa shape index (κ2) is 4.70. The Morgan fingerprint density at radius 1 is 1.53 bits per heavy atom. The molecule has 0 fully saturated rings. The van der Waals surface area contributed by atoms with Gasteiger partial charge in [-0.15, -0.1) is 0 Å². The first-order valence-electron chi connectivity index (χ1n) is 6.06. The highest BCUT2D eigenvalue weighted by atomic mass is 79.9. The highest BCUT2D eigenvalue weighted by molar-refractivity contribution is 9.10. The van der Waals surface area contributed by atoms with Crippen LogP contribution in [0.15, 0.2) is 35.1 Å². The van der Waals surface area contributed by atoms with Crippen LogP contribution in [-0.4, -0.2) is 15.7 Å². The van der Waals surface area contributed by atoms with Crippen LogP contribution in [0, 0.1) is 0 Å². The number of aromatic nitrogens is 2. The fraction of sp³-hybridized carbons (Fsp3) is 0.231. The Morgan fingerprint density at radius 2 is 2.37 bits per heavy atom. The van der Waals surface area contributed by atoms with Gasteiger partial charge in [0.1, 0.15) is 6.04 Å². The van der Waals surface area contributed by atoms with Crippen molar-refractivity contribution in [1.82, 2.24) is 9.78 Å². The van der Waals surface area contributed by atoms with Crippen LogP contribution in [0.25, 0.3) is 0 Å². The maximum Gasteiger partial charge on any atom is 0.251 e. The lowest BCUT2D eigenvalue weighted by molar-refractivity contribution is -0.116. The average molecular weight is 321 g/mol. The van der Waals surface area contributed by atoms with E-state index in [-0.39, 0.29) is 11.9 Å². The van der Waals surface area contributed by atoms with Gasteiger partial charge >= 0.3 is 0 Å². The molecule has 2 N–H and O–H groups in total. The summed E-state index contributed by atoms with van der Waals surface area (Å²) in [6.07, 6.45) is 3.62. The zero-order valence-corrected chi connectivity index (χ0v) is 11.9. The number of aryl methyl sites for hydroxylation is 1. The van der Waals surface area contributed by atoms with E-state index in [0.29, 0.717) is 0 Å². The normalized spacial score (nSPS) is 17.2. The summed E-state index contributed by atoms with van der Waals surface area (Å²) in [5.74, 6) is -0.0441. The molecule has 1 aliphatic heterocycles. The topological polar surface area (TPSA) is 59.0 Å². The van der Waals surface area contributed by atoms with Gasteiger partial charge in [0.2, 0.25) is 0 Å². The highest BCUT2D eigenvalue weighted by Crippen LogP contribution is 2.34. The monoisotopic (exact) mass is 320 g/mol. The summed E-state index contributed by atoms with van der Waals surface area (Å²) in [7, 11) is 0. The summed E-state index contributed by atoms with van der Waals surface area (Å²) >= 11 is 3.43. The lowest BCUT2D eigenvalue weighted by Crippen LogP contribution is -2.19. The first-order chi connectivity index (χ1) is 9.17. The molecular weight excluding hydrogens is 308 g/mol. The Bertz CT molecular complexity index is 637. The van der Waals surface area contributed by atoms with Crippen molar-refractivity contribution in [2.24, 2.45) is 0 Å². The second-order valence-electron chi connectivity index (χ2n) is 4.38. The van der Waals surface area contributed by atoms with Crippen LogP contribution in [0.2, 0.25) is 0 Å².